The van der Waals surface area contributed by atoms with Gasteiger partial charge < -0.3 is 33.6 Å². The van der Waals surface area contributed by atoms with Crippen LogP contribution in [-0.4, -0.2) is 44.8 Å². The molecule has 0 spiro atoms. The van der Waals surface area contributed by atoms with Gasteiger partial charge in [-0.15, -0.1) is 0 Å². The fraction of sp³-hybridized carbons (Fsp3) is 0.286. The maximum atomic E-state index is 13.1. The number of phenols is 1. The van der Waals surface area contributed by atoms with Gasteiger partial charge in [-0.1, -0.05) is 0 Å². The highest BCUT2D eigenvalue weighted by molar-refractivity contribution is 5.88. The zero-order valence-electron chi connectivity index (χ0n) is 16.4. The number of methoxy groups -OCH3 is 3. The Balaban J connectivity index is 2.28. The van der Waals surface area contributed by atoms with Crippen LogP contribution in [0.15, 0.2) is 39.5 Å². The minimum Gasteiger partial charge on any atom is -0.507 e. The number of aliphatic hydroxyl groups is 1. The topological polar surface area (TPSA) is 108 Å². The summed E-state index contributed by atoms with van der Waals surface area (Å²) >= 11 is 0. The molecule has 0 aliphatic carbocycles. The smallest absolute Gasteiger partial charge is 0.239 e. The molecule has 29 heavy (non-hydrogen) atoms. The van der Waals surface area contributed by atoms with E-state index in [2.05, 4.69) is 0 Å². The number of hydrogen-bond acceptors (Lipinski definition) is 8. The molecule has 0 saturated carbocycles. The van der Waals surface area contributed by atoms with Gasteiger partial charge in [-0.3, -0.25) is 4.79 Å². The van der Waals surface area contributed by atoms with Crippen LogP contribution >= 0.6 is 0 Å². The highest BCUT2D eigenvalue weighted by Gasteiger charge is 2.22. The van der Waals surface area contributed by atoms with Gasteiger partial charge in [0.1, 0.15) is 22.5 Å². The molecule has 0 aliphatic rings. The van der Waals surface area contributed by atoms with Gasteiger partial charge in [0.15, 0.2) is 17.3 Å². The molecule has 8 nitrogen and oxygen atoms in total. The first-order valence-electron chi connectivity index (χ1n) is 8.87. The molecular weight excluding hydrogens is 380 g/mol. The van der Waals surface area contributed by atoms with E-state index in [9.17, 15) is 9.90 Å². The molecule has 3 rings (SSSR count). The Morgan fingerprint density at radius 1 is 1.00 bits per heavy atom. The summed E-state index contributed by atoms with van der Waals surface area (Å²) in [5, 5.41) is 19.3. The molecule has 0 amide bonds. The average Bonchev–Trinajstić information content (AvgIpc) is 2.74. The van der Waals surface area contributed by atoms with E-state index in [-0.39, 0.29) is 41.4 Å². The molecule has 0 saturated heterocycles. The Hall–Kier alpha value is -3.39. The van der Waals surface area contributed by atoms with Crippen LogP contribution in [0.2, 0.25) is 0 Å². The zero-order chi connectivity index (χ0) is 21.0. The van der Waals surface area contributed by atoms with E-state index in [1.165, 1.54) is 33.5 Å². The molecule has 0 radical (unpaired) electrons. The summed E-state index contributed by atoms with van der Waals surface area (Å²) in [6, 6.07) is 7.87. The fourth-order valence-corrected chi connectivity index (χ4v) is 2.91. The Morgan fingerprint density at radius 2 is 1.76 bits per heavy atom. The summed E-state index contributed by atoms with van der Waals surface area (Å²) in [6.45, 7) is 0.0109. The van der Waals surface area contributed by atoms with Crippen LogP contribution in [-0.2, 0) is 0 Å². The Bertz CT molecular complexity index is 1070. The molecule has 3 aromatic rings. The van der Waals surface area contributed by atoms with Crippen molar-refractivity contribution >= 4 is 11.0 Å². The van der Waals surface area contributed by atoms with Gasteiger partial charge in [0.25, 0.3) is 0 Å². The fourth-order valence-electron chi connectivity index (χ4n) is 2.91. The number of hydrogen-bond donors (Lipinski definition) is 2. The van der Waals surface area contributed by atoms with Gasteiger partial charge in [0.2, 0.25) is 11.2 Å². The molecule has 154 valence electrons. The summed E-state index contributed by atoms with van der Waals surface area (Å²) in [5.41, 5.74) is 0.128. The lowest BCUT2D eigenvalue weighted by atomic mass is 10.1. The maximum absolute atomic E-state index is 13.1. The highest BCUT2D eigenvalue weighted by Crippen LogP contribution is 2.39. The van der Waals surface area contributed by atoms with Crippen molar-refractivity contribution in [3.05, 3.63) is 40.6 Å². The van der Waals surface area contributed by atoms with Crippen LogP contribution in [0.4, 0.5) is 0 Å². The lowest BCUT2D eigenvalue weighted by Gasteiger charge is -2.14. The van der Waals surface area contributed by atoms with Crippen molar-refractivity contribution in [3.63, 3.8) is 0 Å². The lowest BCUT2D eigenvalue weighted by Crippen LogP contribution is -2.12. The molecule has 2 N–H and O–H groups in total. The van der Waals surface area contributed by atoms with Crippen LogP contribution in [0.3, 0.4) is 0 Å². The summed E-state index contributed by atoms with van der Waals surface area (Å²) in [4.78, 5) is 13.1. The largest absolute Gasteiger partial charge is 0.507 e. The molecule has 2 aromatic carbocycles. The third-order valence-electron chi connectivity index (χ3n) is 4.34. The third kappa shape index (κ3) is 3.93. The van der Waals surface area contributed by atoms with E-state index in [0.717, 1.165) is 0 Å². The molecule has 0 unspecified atom stereocenters. The number of benzene rings is 2. The van der Waals surface area contributed by atoms with Crippen molar-refractivity contribution in [1.29, 1.82) is 0 Å². The third-order valence-corrected chi connectivity index (χ3v) is 4.34. The molecule has 0 fully saturated rings. The SMILES string of the molecule is COc1cc(O)c2c(=O)c(OCCCO)c(-c3ccc(OC)c(OC)c3)oc2c1. The molecule has 1 aromatic heterocycles. The summed E-state index contributed by atoms with van der Waals surface area (Å²) < 4.78 is 27.3. The minimum absolute atomic E-state index is 0.0194. The van der Waals surface area contributed by atoms with Crippen molar-refractivity contribution in [2.75, 3.05) is 34.5 Å². The van der Waals surface area contributed by atoms with Crippen LogP contribution in [0.1, 0.15) is 6.42 Å². The zero-order valence-corrected chi connectivity index (χ0v) is 16.4. The van der Waals surface area contributed by atoms with Crippen LogP contribution in [0, 0.1) is 0 Å². The standard InChI is InChI=1S/C21H22O8/c1-25-13-10-14(23)18-17(11-13)29-20(21(19(18)24)28-8-4-7-22)12-5-6-15(26-2)16(9-12)27-3/h5-6,9-11,22-23H,4,7-8H2,1-3H3. The second-order valence-corrected chi connectivity index (χ2v) is 6.10. The number of aliphatic hydroxyl groups excluding tert-OH is 1. The van der Waals surface area contributed by atoms with Gasteiger partial charge >= 0.3 is 0 Å². The molecule has 8 heteroatoms. The van der Waals surface area contributed by atoms with Crippen molar-refractivity contribution in [1.82, 2.24) is 0 Å². The van der Waals surface area contributed by atoms with E-state index >= 15 is 0 Å². The number of ether oxygens (including phenoxy) is 4. The summed E-state index contributed by atoms with van der Waals surface area (Å²) in [6.07, 6.45) is 0.331. The molecule has 0 atom stereocenters. The second-order valence-electron chi connectivity index (χ2n) is 6.10. The van der Waals surface area contributed by atoms with Gasteiger partial charge in [-0.2, -0.15) is 0 Å². The van der Waals surface area contributed by atoms with Crippen molar-refractivity contribution < 1.29 is 33.6 Å². The Kier molecular flexibility index (Phi) is 6.13. The van der Waals surface area contributed by atoms with E-state index in [0.29, 0.717) is 29.2 Å². The average molecular weight is 402 g/mol. The van der Waals surface area contributed by atoms with Crippen molar-refractivity contribution in [3.8, 4) is 40.1 Å². The number of aromatic hydroxyl groups is 1. The van der Waals surface area contributed by atoms with Gasteiger partial charge in [0, 0.05) is 30.7 Å². The van der Waals surface area contributed by atoms with E-state index < -0.39 is 5.43 Å². The first-order chi connectivity index (χ1) is 14.0. The molecule has 0 aliphatic heterocycles. The Labute approximate surface area is 166 Å². The quantitative estimate of drug-likeness (QED) is 0.554. The van der Waals surface area contributed by atoms with Gasteiger partial charge in [-0.05, 0) is 18.2 Å². The number of phenolic OH excluding ortho intramolecular Hbond substituents is 1. The highest BCUT2D eigenvalue weighted by atomic mass is 16.5. The first-order valence-corrected chi connectivity index (χ1v) is 8.87. The number of rotatable bonds is 8. The van der Waals surface area contributed by atoms with Crippen LogP contribution < -0.4 is 24.4 Å². The van der Waals surface area contributed by atoms with E-state index in [4.69, 9.17) is 28.5 Å². The van der Waals surface area contributed by atoms with Crippen LogP contribution in [0.5, 0.6) is 28.7 Å². The molecule has 1 heterocycles. The normalized spacial score (nSPS) is 10.8. The van der Waals surface area contributed by atoms with Crippen molar-refractivity contribution in [2.45, 2.75) is 6.42 Å². The molecular formula is C21H22O8. The Morgan fingerprint density at radius 3 is 2.41 bits per heavy atom. The molecule has 0 bridgehead atoms. The summed E-state index contributed by atoms with van der Waals surface area (Å²) in [5.74, 6) is 1.11. The second kappa shape index (κ2) is 8.74. The predicted molar refractivity (Wildman–Crippen MR) is 106 cm³/mol. The van der Waals surface area contributed by atoms with Gasteiger partial charge in [0.05, 0.1) is 27.9 Å². The monoisotopic (exact) mass is 402 g/mol. The first kappa shape index (κ1) is 20.3. The van der Waals surface area contributed by atoms with E-state index in [1.54, 1.807) is 18.2 Å². The lowest BCUT2D eigenvalue weighted by molar-refractivity contribution is 0.231. The number of fused-ring (bicyclic) bond motifs is 1. The maximum Gasteiger partial charge on any atom is 0.239 e. The van der Waals surface area contributed by atoms with E-state index in [1.807, 2.05) is 0 Å². The van der Waals surface area contributed by atoms with Gasteiger partial charge in [-0.25, -0.2) is 0 Å². The van der Waals surface area contributed by atoms with Crippen molar-refractivity contribution in [2.24, 2.45) is 0 Å². The summed E-state index contributed by atoms with van der Waals surface area (Å²) in [7, 11) is 4.46. The van der Waals surface area contributed by atoms with Crippen LogP contribution in [0.25, 0.3) is 22.3 Å². The minimum atomic E-state index is -0.533. The predicted octanol–water partition coefficient (Wildman–Crippen LogP) is 2.95.